The third-order valence-electron chi connectivity index (χ3n) is 6.19. The third kappa shape index (κ3) is 6.07. The molecule has 9 heteroatoms. The predicted octanol–water partition coefficient (Wildman–Crippen LogP) is 3.03. The van der Waals surface area contributed by atoms with Crippen LogP contribution in [-0.2, 0) is 15.3 Å². The number of hydrogen-bond acceptors (Lipinski definition) is 7. The molecule has 1 aromatic heterocycles. The number of hydrogen-bond donors (Lipinski definition) is 0. The van der Waals surface area contributed by atoms with Gasteiger partial charge in [0.25, 0.3) is 5.91 Å². The van der Waals surface area contributed by atoms with Crippen molar-refractivity contribution < 1.29 is 14.3 Å². The molecule has 182 valence electrons. The highest BCUT2D eigenvalue weighted by Crippen LogP contribution is 2.26. The third-order valence-corrected chi connectivity index (χ3v) is 7.11. The standard InChI is InChI=1S/C25H33N5O3S/c1-18(2)22-16-23(29-11-13-33-14-12-29)27-25(26-22)34-17-20-5-4-6-21(15-20)24(32)30-9-7-28(8-10-30)19(3)31/h4-6,15-16,18H,7-14,17H2,1-3H3. The molecule has 2 aromatic rings. The first-order valence-electron chi connectivity index (χ1n) is 11.9. The van der Waals surface area contributed by atoms with Crippen LogP contribution in [0.1, 0.15) is 48.3 Å². The molecule has 2 aliphatic rings. The summed E-state index contributed by atoms with van der Waals surface area (Å²) in [7, 11) is 0. The first kappa shape index (κ1) is 24.5. The molecule has 0 aliphatic carbocycles. The molecule has 2 fully saturated rings. The summed E-state index contributed by atoms with van der Waals surface area (Å²) in [5.41, 5.74) is 2.78. The lowest BCUT2D eigenvalue weighted by atomic mass is 10.1. The van der Waals surface area contributed by atoms with Gasteiger partial charge in [-0.15, -0.1) is 0 Å². The number of anilines is 1. The fraction of sp³-hybridized carbons (Fsp3) is 0.520. The summed E-state index contributed by atoms with van der Waals surface area (Å²) in [5.74, 6) is 2.03. The minimum atomic E-state index is 0.0164. The number of thioether (sulfide) groups is 1. The van der Waals surface area contributed by atoms with Crippen LogP contribution in [0.15, 0.2) is 35.5 Å². The smallest absolute Gasteiger partial charge is 0.253 e. The van der Waals surface area contributed by atoms with Crippen molar-refractivity contribution in [1.82, 2.24) is 19.8 Å². The molecule has 0 spiro atoms. The quantitative estimate of drug-likeness (QED) is 0.462. The lowest BCUT2D eigenvalue weighted by Crippen LogP contribution is -2.50. The summed E-state index contributed by atoms with van der Waals surface area (Å²) in [5, 5.41) is 0.754. The molecule has 4 rings (SSSR count). The van der Waals surface area contributed by atoms with Gasteiger partial charge < -0.3 is 19.4 Å². The van der Waals surface area contributed by atoms with Crippen LogP contribution in [0, 0.1) is 0 Å². The molecule has 8 nitrogen and oxygen atoms in total. The van der Waals surface area contributed by atoms with E-state index in [-0.39, 0.29) is 11.8 Å². The van der Waals surface area contributed by atoms with Gasteiger partial charge in [0.05, 0.1) is 13.2 Å². The van der Waals surface area contributed by atoms with Gasteiger partial charge in [0.15, 0.2) is 5.16 Å². The van der Waals surface area contributed by atoms with E-state index in [0.29, 0.717) is 56.6 Å². The molecule has 0 N–H and O–H groups in total. The Morgan fingerprint density at radius 2 is 1.71 bits per heavy atom. The van der Waals surface area contributed by atoms with Crippen LogP contribution in [-0.4, -0.2) is 84.1 Å². The van der Waals surface area contributed by atoms with Crippen molar-refractivity contribution in [2.75, 3.05) is 57.4 Å². The number of carbonyl (C=O) groups is 2. The Morgan fingerprint density at radius 1 is 1.00 bits per heavy atom. The minimum Gasteiger partial charge on any atom is -0.378 e. The van der Waals surface area contributed by atoms with Crippen LogP contribution in [0.25, 0.3) is 0 Å². The zero-order valence-electron chi connectivity index (χ0n) is 20.2. The molecular formula is C25H33N5O3S. The fourth-order valence-corrected chi connectivity index (χ4v) is 4.90. The average molecular weight is 484 g/mol. The van der Waals surface area contributed by atoms with Crippen molar-refractivity contribution >= 4 is 29.4 Å². The van der Waals surface area contributed by atoms with Gasteiger partial charge in [0.2, 0.25) is 5.91 Å². The second-order valence-electron chi connectivity index (χ2n) is 8.98. The van der Waals surface area contributed by atoms with Crippen molar-refractivity contribution in [3.8, 4) is 0 Å². The highest BCUT2D eigenvalue weighted by molar-refractivity contribution is 7.98. The zero-order chi connectivity index (χ0) is 24.1. The van der Waals surface area contributed by atoms with Crippen molar-refractivity contribution in [2.24, 2.45) is 0 Å². The second-order valence-corrected chi connectivity index (χ2v) is 9.92. The van der Waals surface area contributed by atoms with Crippen molar-refractivity contribution in [2.45, 2.75) is 37.6 Å². The van der Waals surface area contributed by atoms with Gasteiger partial charge in [-0.3, -0.25) is 9.59 Å². The topological polar surface area (TPSA) is 78.9 Å². The van der Waals surface area contributed by atoms with Gasteiger partial charge in [-0.2, -0.15) is 0 Å². The summed E-state index contributed by atoms with van der Waals surface area (Å²) >= 11 is 1.59. The van der Waals surface area contributed by atoms with E-state index < -0.39 is 0 Å². The number of piperazine rings is 1. The normalized spacial score (nSPS) is 16.8. The number of rotatable bonds is 6. The number of aromatic nitrogens is 2. The Morgan fingerprint density at radius 3 is 2.38 bits per heavy atom. The first-order chi connectivity index (χ1) is 16.4. The molecule has 3 heterocycles. The van der Waals surface area contributed by atoms with Crippen LogP contribution in [0.4, 0.5) is 5.82 Å². The van der Waals surface area contributed by atoms with Gasteiger partial charge in [0, 0.05) is 69.3 Å². The molecule has 34 heavy (non-hydrogen) atoms. The predicted molar refractivity (Wildman–Crippen MR) is 133 cm³/mol. The van der Waals surface area contributed by atoms with Gasteiger partial charge in [-0.25, -0.2) is 9.97 Å². The maximum absolute atomic E-state index is 13.0. The summed E-state index contributed by atoms with van der Waals surface area (Å²) < 4.78 is 5.49. The van der Waals surface area contributed by atoms with E-state index in [0.717, 1.165) is 35.3 Å². The Labute approximate surface area is 205 Å². The largest absolute Gasteiger partial charge is 0.378 e. The SMILES string of the molecule is CC(=O)N1CCN(C(=O)c2cccc(CSc3nc(C(C)C)cc(N4CCOCC4)n3)c2)CC1. The lowest BCUT2D eigenvalue weighted by molar-refractivity contribution is -0.130. The molecule has 1 aromatic carbocycles. The second kappa shape index (κ2) is 11.2. The highest BCUT2D eigenvalue weighted by atomic mass is 32.2. The number of benzene rings is 1. The molecule has 0 atom stereocenters. The number of morpholine rings is 1. The van der Waals surface area contributed by atoms with Crippen LogP contribution in [0.5, 0.6) is 0 Å². The van der Waals surface area contributed by atoms with Gasteiger partial charge >= 0.3 is 0 Å². The maximum Gasteiger partial charge on any atom is 0.253 e. The molecular weight excluding hydrogens is 450 g/mol. The fourth-order valence-electron chi connectivity index (χ4n) is 4.09. The summed E-state index contributed by atoms with van der Waals surface area (Å²) in [6.45, 7) is 11.3. The first-order valence-corrected chi connectivity index (χ1v) is 12.9. The van der Waals surface area contributed by atoms with Gasteiger partial charge in [-0.05, 0) is 23.6 Å². The number of carbonyl (C=O) groups excluding carboxylic acids is 2. The number of amides is 2. The summed E-state index contributed by atoms with van der Waals surface area (Å²) in [6.07, 6.45) is 0. The molecule has 2 aliphatic heterocycles. The van der Waals surface area contributed by atoms with E-state index in [1.54, 1.807) is 23.6 Å². The molecule has 2 saturated heterocycles. The minimum absolute atomic E-state index is 0.0164. The van der Waals surface area contributed by atoms with Crippen molar-refractivity contribution in [3.05, 3.63) is 47.2 Å². The lowest BCUT2D eigenvalue weighted by Gasteiger charge is -2.34. The van der Waals surface area contributed by atoms with E-state index in [1.165, 1.54) is 0 Å². The Bertz CT molecular complexity index is 1020. The van der Waals surface area contributed by atoms with E-state index in [9.17, 15) is 9.59 Å². The highest BCUT2D eigenvalue weighted by Gasteiger charge is 2.23. The van der Waals surface area contributed by atoms with E-state index in [1.807, 2.05) is 29.2 Å². The van der Waals surface area contributed by atoms with Crippen LogP contribution in [0.2, 0.25) is 0 Å². The number of nitrogens with zero attached hydrogens (tertiary/aromatic N) is 5. The van der Waals surface area contributed by atoms with Crippen LogP contribution >= 0.6 is 11.8 Å². The Hall–Kier alpha value is -2.65. The molecule has 0 bridgehead atoms. The van der Waals surface area contributed by atoms with Gasteiger partial charge in [-0.1, -0.05) is 37.7 Å². The zero-order valence-corrected chi connectivity index (χ0v) is 21.0. The summed E-state index contributed by atoms with van der Waals surface area (Å²) in [6, 6.07) is 9.87. The van der Waals surface area contributed by atoms with Crippen LogP contribution < -0.4 is 4.90 Å². The average Bonchev–Trinajstić information content (AvgIpc) is 2.87. The monoisotopic (exact) mass is 483 g/mol. The molecule has 0 unspecified atom stereocenters. The summed E-state index contributed by atoms with van der Waals surface area (Å²) in [4.78, 5) is 40.0. The van der Waals surface area contributed by atoms with Crippen molar-refractivity contribution in [3.63, 3.8) is 0 Å². The van der Waals surface area contributed by atoms with E-state index in [2.05, 4.69) is 24.8 Å². The molecule has 0 radical (unpaired) electrons. The molecule has 0 saturated carbocycles. The maximum atomic E-state index is 13.0. The molecule has 2 amide bonds. The van der Waals surface area contributed by atoms with E-state index >= 15 is 0 Å². The van der Waals surface area contributed by atoms with E-state index in [4.69, 9.17) is 14.7 Å². The van der Waals surface area contributed by atoms with Crippen molar-refractivity contribution in [1.29, 1.82) is 0 Å². The number of ether oxygens (including phenoxy) is 1. The Balaban J connectivity index is 1.43. The Kier molecular flexibility index (Phi) is 8.05. The van der Waals surface area contributed by atoms with Gasteiger partial charge in [0.1, 0.15) is 5.82 Å². The van der Waals surface area contributed by atoms with Crippen LogP contribution in [0.3, 0.4) is 0 Å².